The number of nitro benzene ring substituents is 1. The molecule has 0 saturated carbocycles. The molecule has 0 saturated heterocycles. The molecule has 1 rings (SSSR count). The molecule has 1 amide bonds. The van der Waals surface area contributed by atoms with E-state index in [1.165, 1.54) is 6.07 Å². The standard InChI is InChI=1S/C15H23N3O3/c1-2-5-12(10-11-16)8-9-15(19)17-13-6-3-4-7-14(13)18(20)21/h3-4,6-7,12H,2,5,8-11,16H2,1H3,(H,17,19). The normalized spacial score (nSPS) is 11.9. The summed E-state index contributed by atoms with van der Waals surface area (Å²) in [5.41, 5.74) is 5.73. The molecule has 1 atom stereocenters. The highest BCUT2D eigenvalue weighted by Gasteiger charge is 2.15. The molecule has 0 spiro atoms. The molecule has 3 N–H and O–H groups in total. The molecule has 21 heavy (non-hydrogen) atoms. The summed E-state index contributed by atoms with van der Waals surface area (Å²) >= 11 is 0. The van der Waals surface area contributed by atoms with Crippen molar-refractivity contribution in [2.75, 3.05) is 11.9 Å². The Morgan fingerprint density at radius 3 is 2.67 bits per heavy atom. The molecule has 6 heteroatoms. The van der Waals surface area contributed by atoms with E-state index in [0.717, 1.165) is 25.7 Å². The van der Waals surface area contributed by atoms with Crippen molar-refractivity contribution in [2.45, 2.75) is 39.0 Å². The first-order chi connectivity index (χ1) is 10.1. The number of para-hydroxylation sites is 2. The predicted molar refractivity (Wildman–Crippen MR) is 83.0 cm³/mol. The summed E-state index contributed by atoms with van der Waals surface area (Å²) in [7, 11) is 0. The highest BCUT2D eigenvalue weighted by atomic mass is 16.6. The van der Waals surface area contributed by atoms with E-state index in [1.807, 2.05) is 0 Å². The molecule has 0 heterocycles. The predicted octanol–water partition coefficient (Wildman–Crippen LogP) is 3.08. The molecule has 0 aliphatic rings. The zero-order chi connectivity index (χ0) is 15.7. The fourth-order valence-corrected chi connectivity index (χ4v) is 2.36. The lowest BCUT2D eigenvalue weighted by atomic mass is 9.94. The van der Waals surface area contributed by atoms with Crippen LogP contribution in [0.1, 0.15) is 39.0 Å². The van der Waals surface area contributed by atoms with Crippen LogP contribution in [0.5, 0.6) is 0 Å². The van der Waals surface area contributed by atoms with Gasteiger partial charge in [-0.15, -0.1) is 0 Å². The number of nitro groups is 1. The van der Waals surface area contributed by atoms with Gasteiger partial charge >= 0.3 is 0 Å². The topological polar surface area (TPSA) is 98.3 Å². The lowest BCUT2D eigenvalue weighted by Crippen LogP contribution is -2.16. The highest BCUT2D eigenvalue weighted by Crippen LogP contribution is 2.24. The maximum Gasteiger partial charge on any atom is 0.292 e. The number of anilines is 1. The van der Waals surface area contributed by atoms with E-state index in [0.29, 0.717) is 18.9 Å². The van der Waals surface area contributed by atoms with Gasteiger partial charge in [0, 0.05) is 12.5 Å². The van der Waals surface area contributed by atoms with Gasteiger partial charge in [0.05, 0.1) is 4.92 Å². The van der Waals surface area contributed by atoms with E-state index in [2.05, 4.69) is 12.2 Å². The van der Waals surface area contributed by atoms with E-state index < -0.39 is 4.92 Å². The van der Waals surface area contributed by atoms with Crippen LogP contribution >= 0.6 is 0 Å². The molecule has 6 nitrogen and oxygen atoms in total. The number of benzene rings is 1. The van der Waals surface area contributed by atoms with Gasteiger partial charge in [0.2, 0.25) is 5.91 Å². The van der Waals surface area contributed by atoms with E-state index in [1.54, 1.807) is 18.2 Å². The Kier molecular flexibility index (Phi) is 7.39. The number of rotatable bonds is 9. The van der Waals surface area contributed by atoms with Crippen LogP contribution in [0.3, 0.4) is 0 Å². The number of nitrogens with one attached hydrogen (secondary N) is 1. The SMILES string of the molecule is CCCC(CCN)CCC(=O)Nc1ccccc1[N+](=O)[O-]. The molecule has 0 fully saturated rings. The number of nitrogens with zero attached hydrogens (tertiary/aromatic N) is 1. The van der Waals surface area contributed by atoms with Crippen LogP contribution in [0.15, 0.2) is 24.3 Å². The number of carbonyl (C=O) groups excluding carboxylic acids is 1. The maximum atomic E-state index is 11.9. The number of amides is 1. The van der Waals surface area contributed by atoms with E-state index in [-0.39, 0.29) is 17.3 Å². The molecule has 0 bridgehead atoms. The van der Waals surface area contributed by atoms with Crippen molar-refractivity contribution in [3.63, 3.8) is 0 Å². The Morgan fingerprint density at radius 1 is 1.33 bits per heavy atom. The molecule has 1 aromatic rings. The van der Waals surface area contributed by atoms with Gasteiger partial charge in [0.1, 0.15) is 5.69 Å². The smallest absolute Gasteiger partial charge is 0.292 e. The van der Waals surface area contributed by atoms with Crippen molar-refractivity contribution in [3.8, 4) is 0 Å². The van der Waals surface area contributed by atoms with Gasteiger partial charge in [0.25, 0.3) is 5.69 Å². The molecular formula is C15H23N3O3. The summed E-state index contributed by atoms with van der Waals surface area (Å²) in [5.74, 6) is 0.249. The Labute approximate surface area is 124 Å². The van der Waals surface area contributed by atoms with Gasteiger partial charge in [0.15, 0.2) is 0 Å². The molecule has 0 radical (unpaired) electrons. The van der Waals surface area contributed by atoms with Gasteiger partial charge in [-0.1, -0.05) is 31.9 Å². The van der Waals surface area contributed by atoms with Crippen molar-refractivity contribution in [1.29, 1.82) is 0 Å². The second kappa shape index (κ2) is 9.07. The van der Waals surface area contributed by atoms with Gasteiger partial charge in [-0.25, -0.2) is 0 Å². The summed E-state index contributed by atoms with van der Waals surface area (Å²) in [6.45, 7) is 2.73. The van der Waals surface area contributed by atoms with Crippen molar-refractivity contribution < 1.29 is 9.72 Å². The van der Waals surface area contributed by atoms with Crippen LogP contribution in [0.25, 0.3) is 0 Å². The van der Waals surface area contributed by atoms with Crippen LogP contribution in [0, 0.1) is 16.0 Å². The summed E-state index contributed by atoms with van der Waals surface area (Å²) in [6, 6.07) is 6.16. The van der Waals surface area contributed by atoms with E-state index in [4.69, 9.17) is 5.73 Å². The molecule has 0 aromatic heterocycles. The monoisotopic (exact) mass is 293 g/mol. The second-order valence-corrected chi connectivity index (χ2v) is 5.09. The zero-order valence-electron chi connectivity index (χ0n) is 12.4. The van der Waals surface area contributed by atoms with E-state index >= 15 is 0 Å². The highest BCUT2D eigenvalue weighted by molar-refractivity contribution is 5.92. The van der Waals surface area contributed by atoms with Crippen LogP contribution in [-0.4, -0.2) is 17.4 Å². The van der Waals surface area contributed by atoms with Crippen LogP contribution in [0.2, 0.25) is 0 Å². The minimum Gasteiger partial charge on any atom is -0.330 e. The summed E-state index contributed by atoms with van der Waals surface area (Å²) in [5, 5.41) is 13.5. The molecular weight excluding hydrogens is 270 g/mol. The molecule has 0 aliphatic carbocycles. The summed E-state index contributed by atoms with van der Waals surface area (Å²) in [4.78, 5) is 22.3. The minimum atomic E-state index is -0.496. The minimum absolute atomic E-state index is 0.0853. The largest absolute Gasteiger partial charge is 0.330 e. The molecule has 1 aromatic carbocycles. The van der Waals surface area contributed by atoms with E-state index in [9.17, 15) is 14.9 Å². The molecule has 1 unspecified atom stereocenters. The zero-order valence-corrected chi connectivity index (χ0v) is 12.4. The van der Waals surface area contributed by atoms with Crippen LogP contribution in [0.4, 0.5) is 11.4 Å². The molecule has 0 aliphatic heterocycles. The third kappa shape index (κ3) is 5.91. The maximum absolute atomic E-state index is 11.9. The first kappa shape index (κ1) is 17.1. The van der Waals surface area contributed by atoms with Crippen molar-refractivity contribution in [2.24, 2.45) is 11.7 Å². The third-order valence-electron chi connectivity index (χ3n) is 3.43. The summed E-state index contributed by atoms with van der Waals surface area (Å²) in [6.07, 6.45) is 4.15. The van der Waals surface area contributed by atoms with Crippen molar-refractivity contribution in [1.82, 2.24) is 0 Å². The number of hydrogen-bond donors (Lipinski definition) is 2. The Hall–Kier alpha value is -1.95. The first-order valence-electron chi connectivity index (χ1n) is 7.31. The van der Waals surface area contributed by atoms with Crippen molar-refractivity contribution in [3.05, 3.63) is 34.4 Å². The Bertz CT molecular complexity index is 471. The lowest BCUT2D eigenvalue weighted by Gasteiger charge is -2.14. The van der Waals surface area contributed by atoms with Crippen LogP contribution < -0.4 is 11.1 Å². The number of hydrogen-bond acceptors (Lipinski definition) is 4. The fourth-order valence-electron chi connectivity index (χ4n) is 2.36. The average Bonchev–Trinajstić information content (AvgIpc) is 2.45. The average molecular weight is 293 g/mol. The number of nitrogens with two attached hydrogens (primary N) is 1. The van der Waals surface area contributed by atoms with Gasteiger partial charge in [-0.3, -0.25) is 14.9 Å². The third-order valence-corrected chi connectivity index (χ3v) is 3.43. The van der Waals surface area contributed by atoms with Gasteiger partial charge in [-0.05, 0) is 31.4 Å². The van der Waals surface area contributed by atoms with Crippen molar-refractivity contribution >= 4 is 17.3 Å². The molecule has 116 valence electrons. The Balaban J connectivity index is 2.55. The fraction of sp³-hybridized carbons (Fsp3) is 0.533. The second-order valence-electron chi connectivity index (χ2n) is 5.09. The van der Waals surface area contributed by atoms with Gasteiger partial charge in [-0.2, -0.15) is 0 Å². The number of carbonyl (C=O) groups is 1. The van der Waals surface area contributed by atoms with Gasteiger partial charge < -0.3 is 11.1 Å². The first-order valence-corrected chi connectivity index (χ1v) is 7.31. The van der Waals surface area contributed by atoms with Crippen LogP contribution in [-0.2, 0) is 4.79 Å². The quantitative estimate of drug-likeness (QED) is 0.540. The summed E-state index contributed by atoms with van der Waals surface area (Å²) < 4.78 is 0. The Morgan fingerprint density at radius 2 is 2.05 bits per heavy atom. The lowest BCUT2D eigenvalue weighted by molar-refractivity contribution is -0.383.